The van der Waals surface area contributed by atoms with E-state index in [-0.39, 0.29) is 16.8 Å². The molecule has 5 heteroatoms. The average Bonchev–Trinajstić information content (AvgIpc) is 2.46. The van der Waals surface area contributed by atoms with Gasteiger partial charge in [0.2, 0.25) is 0 Å². The summed E-state index contributed by atoms with van der Waals surface area (Å²) < 4.78 is 14.2. The number of halogens is 1. The Hall–Kier alpha value is -3.05. The van der Waals surface area contributed by atoms with Crippen LogP contribution >= 0.6 is 0 Å². The maximum Gasteiger partial charge on any atom is 0.176 e. The van der Waals surface area contributed by atoms with E-state index in [0.29, 0.717) is 16.7 Å². The van der Waals surface area contributed by atoms with Crippen LogP contribution in [0.15, 0.2) is 24.3 Å². The zero-order chi connectivity index (χ0) is 14.9. The van der Waals surface area contributed by atoms with Crippen LogP contribution in [0.4, 0.5) is 10.1 Å². The molecule has 4 nitrogen and oxygen atoms in total. The summed E-state index contributed by atoms with van der Waals surface area (Å²) in [4.78, 5) is 0. The first kappa shape index (κ1) is 13.4. The molecular formula is C15H10FN3O. The minimum Gasteiger partial charge on any atom is -0.503 e. The molecule has 0 fully saturated rings. The second-order valence-corrected chi connectivity index (χ2v) is 4.26. The molecule has 0 aromatic heterocycles. The van der Waals surface area contributed by atoms with Gasteiger partial charge < -0.3 is 10.8 Å². The predicted molar refractivity (Wildman–Crippen MR) is 72.1 cm³/mol. The van der Waals surface area contributed by atoms with Crippen LogP contribution in [0.2, 0.25) is 0 Å². The highest BCUT2D eigenvalue weighted by Gasteiger charge is 2.21. The number of aromatic hydroxyl groups is 1. The average molecular weight is 267 g/mol. The smallest absolute Gasteiger partial charge is 0.176 e. The summed E-state index contributed by atoms with van der Waals surface area (Å²) in [6, 6.07) is 10.1. The maximum absolute atomic E-state index is 14.2. The number of nitrogens with zero attached hydrogens (tertiary/aromatic N) is 2. The number of hydrogen-bond donors (Lipinski definition) is 2. The van der Waals surface area contributed by atoms with Crippen LogP contribution in [0, 0.1) is 35.4 Å². The van der Waals surface area contributed by atoms with E-state index < -0.39 is 11.6 Å². The standard InChI is InChI=1S/C15H10FN3O/c1-8-11(7-18)14(19)15(20)13(16)12(8)10-4-2-3-9(5-10)6-17/h2-5,20H,19H2,1H3. The molecule has 0 heterocycles. The van der Waals surface area contributed by atoms with Crippen molar-refractivity contribution >= 4 is 5.69 Å². The lowest BCUT2D eigenvalue weighted by atomic mass is 9.93. The molecule has 0 aliphatic rings. The van der Waals surface area contributed by atoms with E-state index in [1.54, 1.807) is 25.1 Å². The van der Waals surface area contributed by atoms with Crippen LogP contribution in [0.1, 0.15) is 16.7 Å². The lowest BCUT2D eigenvalue weighted by Gasteiger charge is -2.13. The van der Waals surface area contributed by atoms with Crippen molar-refractivity contribution in [1.29, 1.82) is 10.5 Å². The van der Waals surface area contributed by atoms with E-state index in [4.69, 9.17) is 16.3 Å². The van der Waals surface area contributed by atoms with Crippen molar-refractivity contribution < 1.29 is 9.50 Å². The molecule has 0 spiro atoms. The normalized spacial score (nSPS) is 9.80. The second-order valence-electron chi connectivity index (χ2n) is 4.26. The Labute approximate surface area is 115 Å². The van der Waals surface area contributed by atoms with Crippen LogP contribution in [0.25, 0.3) is 11.1 Å². The lowest BCUT2D eigenvalue weighted by Crippen LogP contribution is -2.01. The van der Waals surface area contributed by atoms with Gasteiger partial charge in [0, 0.05) is 5.56 Å². The zero-order valence-corrected chi connectivity index (χ0v) is 10.6. The Morgan fingerprint density at radius 1 is 1.25 bits per heavy atom. The van der Waals surface area contributed by atoms with E-state index in [2.05, 4.69) is 0 Å². The fraction of sp³-hybridized carbons (Fsp3) is 0.0667. The number of benzene rings is 2. The minimum atomic E-state index is -0.894. The third-order valence-electron chi connectivity index (χ3n) is 3.09. The zero-order valence-electron chi connectivity index (χ0n) is 10.6. The van der Waals surface area contributed by atoms with E-state index in [9.17, 15) is 9.50 Å². The lowest BCUT2D eigenvalue weighted by molar-refractivity contribution is 0.436. The van der Waals surface area contributed by atoms with Crippen LogP contribution < -0.4 is 5.73 Å². The molecule has 0 aliphatic heterocycles. The van der Waals surface area contributed by atoms with Crippen molar-refractivity contribution in [1.82, 2.24) is 0 Å². The summed E-state index contributed by atoms with van der Waals surface area (Å²) in [6.07, 6.45) is 0. The van der Waals surface area contributed by atoms with Gasteiger partial charge in [0.05, 0.1) is 22.9 Å². The number of nitrogens with two attached hydrogens (primary N) is 1. The fourth-order valence-corrected chi connectivity index (χ4v) is 2.08. The van der Waals surface area contributed by atoms with Crippen LogP contribution in [0.5, 0.6) is 5.75 Å². The summed E-state index contributed by atoms with van der Waals surface area (Å²) in [5.74, 6) is -1.64. The van der Waals surface area contributed by atoms with E-state index >= 15 is 0 Å². The summed E-state index contributed by atoms with van der Waals surface area (Å²) in [5, 5.41) is 27.6. The van der Waals surface area contributed by atoms with Crippen molar-refractivity contribution in [3.63, 3.8) is 0 Å². The van der Waals surface area contributed by atoms with Crippen molar-refractivity contribution in [2.75, 3.05) is 5.73 Å². The molecule has 0 radical (unpaired) electrons. The Balaban J connectivity index is 2.85. The van der Waals surface area contributed by atoms with E-state index in [1.807, 2.05) is 12.1 Å². The highest BCUT2D eigenvalue weighted by atomic mass is 19.1. The Kier molecular flexibility index (Phi) is 3.28. The molecule has 20 heavy (non-hydrogen) atoms. The van der Waals surface area contributed by atoms with Gasteiger partial charge in [-0.1, -0.05) is 12.1 Å². The monoisotopic (exact) mass is 267 g/mol. The number of rotatable bonds is 1. The second kappa shape index (κ2) is 4.91. The molecule has 0 saturated carbocycles. The van der Waals surface area contributed by atoms with Crippen molar-refractivity contribution in [2.45, 2.75) is 6.92 Å². The van der Waals surface area contributed by atoms with Crippen molar-refractivity contribution in [3.05, 3.63) is 46.8 Å². The van der Waals surface area contributed by atoms with Crippen LogP contribution in [-0.4, -0.2) is 5.11 Å². The molecule has 2 rings (SSSR count). The summed E-state index contributed by atoms with van der Waals surface area (Å²) in [6.45, 7) is 1.55. The number of phenolic OH excluding ortho intramolecular Hbond substituents is 1. The topological polar surface area (TPSA) is 93.8 Å². The fourth-order valence-electron chi connectivity index (χ4n) is 2.08. The SMILES string of the molecule is Cc1c(C#N)c(N)c(O)c(F)c1-c1cccc(C#N)c1. The predicted octanol–water partition coefficient (Wildman–Crippen LogP) is 2.83. The molecule has 3 N–H and O–H groups in total. The minimum absolute atomic E-state index is 0.0289. The molecule has 0 bridgehead atoms. The Morgan fingerprint density at radius 2 is 1.95 bits per heavy atom. The number of nitrogen functional groups attached to an aromatic ring is 1. The number of phenols is 1. The van der Waals surface area contributed by atoms with Crippen LogP contribution in [0.3, 0.4) is 0 Å². The Morgan fingerprint density at radius 3 is 2.55 bits per heavy atom. The van der Waals surface area contributed by atoms with Gasteiger partial charge in [0.15, 0.2) is 11.6 Å². The number of anilines is 1. The molecule has 0 amide bonds. The number of hydrogen-bond acceptors (Lipinski definition) is 4. The first-order chi connectivity index (χ1) is 9.51. The Bertz CT molecular complexity index is 785. The third-order valence-corrected chi connectivity index (χ3v) is 3.09. The summed E-state index contributed by atoms with van der Waals surface area (Å²) in [5.41, 5.74) is 6.46. The highest BCUT2D eigenvalue weighted by molar-refractivity contribution is 5.80. The summed E-state index contributed by atoms with van der Waals surface area (Å²) in [7, 11) is 0. The first-order valence-electron chi connectivity index (χ1n) is 5.72. The quantitative estimate of drug-likeness (QED) is 0.613. The van der Waals surface area contributed by atoms with Gasteiger partial charge in [-0.3, -0.25) is 0 Å². The van der Waals surface area contributed by atoms with Gasteiger partial charge in [-0.15, -0.1) is 0 Å². The third kappa shape index (κ3) is 1.92. The largest absolute Gasteiger partial charge is 0.503 e. The molecule has 2 aromatic carbocycles. The van der Waals surface area contributed by atoms with Gasteiger partial charge in [0.25, 0.3) is 0 Å². The molecule has 0 saturated heterocycles. The van der Waals surface area contributed by atoms with Gasteiger partial charge in [0.1, 0.15) is 6.07 Å². The molecule has 0 atom stereocenters. The van der Waals surface area contributed by atoms with Crippen LogP contribution in [-0.2, 0) is 0 Å². The van der Waals surface area contributed by atoms with Gasteiger partial charge in [-0.05, 0) is 30.2 Å². The maximum atomic E-state index is 14.2. The molecule has 0 unspecified atom stereocenters. The van der Waals surface area contributed by atoms with E-state index in [0.717, 1.165) is 0 Å². The molecule has 98 valence electrons. The van der Waals surface area contributed by atoms with Crippen molar-refractivity contribution in [3.8, 4) is 29.0 Å². The van der Waals surface area contributed by atoms with E-state index in [1.165, 1.54) is 6.07 Å². The van der Waals surface area contributed by atoms with Gasteiger partial charge in [-0.25, -0.2) is 4.39 Å². The molecule has 0 aliphatic carbocycles. The highest BCUT2D eigenvalue weighted by Crippen LogP contribution is 2.39. The van der Waals surface area contributed by atoms with Gasteiger partial charge >= 0.3 is 0 Å². The number of nitriles is 2. The van der Waals surface area contributed by atoms with Gasteiger partial charge in [-0.2, -0.15) is 10.5 Å². The van der Waals surface area contributed by atoms with Crippen molar-refractivity contribution in [2.24, 2.45) is 0 Å². The first-order valence-corrected chi connectivity index (χ1v) is 5.72. The molecule has 2 aromatic rings. The summed E-state index contributed by atoms with van der Waals surface area (Å²) >= 11 is 0. The molecular weight excluding hydrogens is 257 g/mol.